The van der Waals surface area contributed by atoms with E-state index in [-0.39, 0.29) is 48.0 Å². The number of benzene rings is 1. The standard InChI is InChI=1S/C38H56ClN3O4/c1-2-3-4-5-6-7-8-9-10-11-12-13-14-15-34(43)46-33(27-40-22-24-41(25-23-40)32-20-18-31(39)19-21-32)28-42-37(44)35-29-16-17-30(26-29)36(35)38(42)45/h16-21,29-30,33,35-36H,2-15,22-28H2,1H3. The number of amides is 2. The fourth-order valence-electron chi connectivity index (χ4n) is 8.14. The number of rotatable bonds is 20. The summed E-state index contributed by atoms with van der Waals surface area (Å²) in [7, 11) is 0. The lowest BCUT2D eigenvalue weighted by atomic mass is 9.85. The number of hydrogen-bond acceptors (Lipinski definition) is 6. The number of likely N-dealkylation sites (tertiary alicyclic amines) is 1. The summed E-state index contributed by atoms with van der Waals surface area (Å²) < 4.78 is 6.06. The van der Waals surface area contributed by atoms with Gasteiger partial charge in [0.2, 0.25) is 11.8 Å². The molecule has 46 heavy (non-hydrogen) atoms. The van der Waals surface area contributed by atoms with Crippen LogP contribution in [-0.4, -0.2) is 73.0 Å². The van der Waals surface area contributed by atoms with Gasteiger partial charge in [0, 0.05) is 49.9 Å². The third-order valence-corrected chi connectivity index (χ3v) is 11.0. The first-order valence-electron chi connectivity index (χ1n) is 18.4. The Morgan fingerprint density at radius 3 is 1.83 bits per heavy atom. The second-order valence-electron chi connectivity index (χ2n) is 14.2. The number of fused-ring (bicyclic) bond motifs is 5. The lowest BCUT2D eigenvalue weighted by molar-refractivity contribution is -0.155. The van der Waals surface area contributed by atoms with Crippen LogP contribution in [0.3, 0.4) is 0 Å². The molecular weight excluding hydrogens is 598 g/mol. The van der Waals surface area contributed by atoms with E-state index < -0.39 is 6.10 Å². The number of anilines is 1. The van der Waals surface area contributed by atoms with Crippen molar-refractivity contribution in [2.24, 2.45) is 23.7 Å². The van der Waals surface area contributed by atoms with Crippen molar-refractivity contribution in [3.05, 3.63) is 41.4 Å². The minimum absolute atomic E-state index is 0.0723. The van der Waals surface area contributed by atoms with Crippen LogP contribution in [-0.2, 0) is 19.1 Å². The van der Waals surface area contributed by atoms with Crippen molar-refractivity contribution >= 4 is 35.1 Å². The second kappa shape index (κ2) is 17.7. The SMILES string of the molecule is CCCCCCCCCCCCCCCC(=O)OC(CN1CCN(c2ccc(Cl)cc2)CC1)CN1C(=O)C2C3C=CC(C3)C2C1=O. The van der Waals surface area contributed by atoms with E-state index in [0.717, 1.165) is 62.6 Å². The summed E-state index contributed by atoms with van der Waals surface area (Å²) in [4.78, 5) is 46.0. The van der Waals surface area contributed by atoms with E-state index in [1.165, 1.54) is 69.1 Å². The number of esters is 1. The van der Waals surface area contributed by atoms with Crippen molar-refractivity contribution in [1.82, 2.24) is 9.80 Å². The van der Waals surface area contributed by atoms with Crippen LogP contribution in [0.25, 0.3) is 0 Å². The summed E-state index contributed by atoms with van der Waals surface area (Å²) in [6, 6.07) is 7.92. The molecule has 1 saturated carbocycles. The van der Waals surface area contributed by atoms with E-state index in [0.29, 0.717) is 13.0 Å². The third kappa shape index (κ3) is 9.37. The van der Waals surface area contributed by atoms with Gasteiger partial charge in [-0.2, -0.15) is 0 Å². The molecule has 7 nitrogen and oxygen atoms in total. The Kier molecular flexibility index (Phi) is 13.4. The van der Waals surface area contributed by atoms with Crippen molar-refractivity contribution in [3.8, 4) is 0 Å². The van der Waals surface area contributed by atoms with Crippen molar-refractivity contribution < 1.29 is 19.1 Å². The second-order valence-corrected chi connectivity index (χ2v) is 14.6. The lowest BCUT2D eigenvalue weighted by Gasteiger charge is -2.38. The minimum Gasteiger partial charge on any atom is -0.459 e. The Hall–Kier alpha value is -2.38. The van der Waals surface area contributed by atoms with E-state index >= 15 is 0 Å². The number of imide groups is 1. The van der Waals surface area contributed by atoms with Crippen LogP contribution in [0.15, 0.2) is 36.4 Å². The number of allylic oxidation sites excluding steroid dienone is 2. The Balaban J connectivity index is 1.05. The quantitative estimate of drug-likeness (QED) is 0.0623. The maximum atomic E-state index is 13.4. The summed E-state index contributed by atoms with van der Waals surface area (Å²) in [5, 5.41) is 0.727. The molecule has 254 valence electrons. The molecule has 8 heteroatoms. The van der Waals surface area contributed by atoms with Gasteiger partial charge in [-0.05, 0) is 48.9 Å². The molecule has 2 aliphatic carbocycles. The van der Waals surface area contributed by atoms with Crippen LogP contribution in [0.4, 0.5) is 5.69 Å². The number of unbranched alkanes of at least 4 members (excludes halogenated alkanes) is 12. The number of piperazine rings is 1. The van der Waals surface area contributed by atoms with Crippen LogP contribution < -0.4 is 4.90 Å². The summed E-state index contributed by atoms with van der Waals surface area (Å²) in [5.74, 6) is -0.467. The topological polar surface area (TPSA) is 70.2 Å². The Bertz CT molecular complexity index is 1130. The number of ether oxygens (including phenoxy) is 1. The number of carbonyl (C=O) groups is 3. The van der Waals surface area contributed by atoms with Crippen LogP contribution >= 0.6 is 11.6 Å². The maximum Gasteiger partial charge on any atom is 0.306 e. The first kappa shape index (κ1) is 34.9. The molecule has 4 aliphatic rings. The van der Waals surface area contributed by atoms with Crippen molar-refractivity contribution in [2.45, 2.75) is 109 Å². The van der Waals surface area contributed by atoms with E-state index in [4.69, 9.17) is 16.3 Å². The highest BCUT2D eigenvalue weighted by molar-refractivity contribution is 6.30. The van der Waals surface area contributed by atoms with E-state index in [9.17, 15) is 14.4 Å². The zero-order valence-electron chi connectivity index (χ0n) is 28.1. The number of halogens is 1. The molecule has 5 rings (SSSR count). The molecule has 2 amide bonds. The van der Waals surface area contributed by atoms with Gasteiger partial charge in [-0.1, -0.05) is 108 Å². The van der Waals surface area contributed by atoms with Gasteiger partial charge in [-0.3, -0.25) is 24.2 Å². The number of nitrogens with zero attached hydrogens (tertiary/aromatic N) is 3. The van der Waals surface area contributed by atoms with Gasteiger partial charge in [-0.25, -0.2) is 0 Å². The highest BCUT2D eigenvalue weighted by Crippen LogP contribution is 2.52. The highest BCUT2D eigenvalue weighted by atomic mass is 35.5. The summed E-state index contributed by atoms with van der Waals surface area (Å²) in [6.07, 6.45) is 21.4. The first-order chi connectivity index (χ1) is 22.4. The van der Waals surface area contributed by atoms with Crippen molar-refractivity contribution in [2.75, 3.05) is 44.2 Å². The summed E-state index contributed by atoms with van der Waals surface area (Å²) in [6.45, 7) is 6.28. The molecule has 1 aromatic carbocycles. The first-order valence-corrected chi connectivity index (χ1v) is 18.8. The molecule has 0 spiro atoms. The largest absolute Gasteiger partial charge is 0.459 e. The Labute approximate surface area is 282 Å². The molecule has 2 saturated heterocycles. The zero-order chi connectivity index (χ0) is 32.3. The molecule has 0 aromatic heterocycles. The number of hydrogen-bond donors (Lipinski definition) is 0. The fraction of sp³-hybridized carbons (Fsp3) is 0.711. The zero-order valence-corrected chi connectivity index (χ0v) is 28.8. The number of carbonyl (C=O) groups excluding carboxylic acids is 3. The Morgan fingerprint density at radius 1 is 0.761 bits per heavy atom. The van der Waals surface area contributed by atoms with Gasteiger partial charge < -0.3 is 9.64 Å². The molecule has 0 radical (unpaired) electrons. The molecule has 2 bridgehead atoms. The van der Waals surface area contributed by atoms with Crippen LogP contribution in [0.2, 0.25) is 5.02 Å². The molecule has 1 aromatic rings. The van der Waals surface area contributed by atoms with Gasteiger partial charge in [0.15, 0.2) is 0 Å². The molecule has 5 unspecified atom stereocenters. The summed E-state index contributed by atoms with van der Waals surface area (Å²) in [5.41, 5.74) is 1.15. The summed E-state index contributed by atoms with van der Waals surface area (Å²) >= 11 is 6.08. The van der Waals surface area contributed by atoms with Gasteiger partial charge in [0.1, 0.15) is 6.10 Å². The maximum absolute atomic E-state index is 13.4. The normalized spacial score (nSPS) is 24.7. The predicted octanol–water partition coefficient (Wildman–Crippen LogP) is 7.66. The van der Waals surface area contributed by atoms with Crippen molar-refractivity contribution in [1.29, 1.82) is 0 Å². The molecule has 2 aliphatic heterocycles. The monoisotopic (exact) mass is 653 g/mol. The van der Waals surface area contributed by atoms with E-state index in [1.54, 1.807) is 0 Å². The average molecular weight is 654 g/mol. The smallest absolute Gasteiger partial charge is 0.306 e. The molecule has 2 heterocycles. The lowest BCUT2D eigenvalue weighted by Crippen LogP contribution is -2.51. The minimum atomic E-state index is -0.520. The van der Waals surface area contributed by atoms with E-state index in [1.807, 2.05) is 24.3 Å². The fourth-order valence-corrected chi connectivity index (χ4v) is 8.27. The van der Waals surface area contributed by atoms with Gasteiger partial charge >= 0.3 is 5.97 Å². The average Bonchev–Trinajstić information content (AvgIpc) is 3.74. The van der Waals surface area contributed by atoms with Gasteiger partial charge in [0.05, 0.1) is 18.4 Å². The predicted molar refractivity (Wildman–Crippen MR) is 185 cm³/mol. The van der Waals surface area contributed by atoms with Crippen LogP contribution in [0.5, 0.6) is 0 Å². The molecular formula is C38H56ClN3O4. The highest BCUT2D eigenvalue weighted by Gasteiger charge is 2.59. The molecule has 3 fully saturated rings. The molecule has 5 atom stereocenters. The Morgan fingerprint density at radius 2 is 1.28 bits per heavy atom. The van der Waals surface area contributed by atoms with Gasteiger partial charge in [-0.15, -0.1) is 0 Å². The van der Waals surface area contributed by atoms with Crippen molar-refractivity contribution in [3.63, 3.8) is 0 Å². The third-order valence-electron chi connectivity index (χ3n) is 10.8. The van der Waals surface area contributed by atoms with Crippen LogP contribution in [0, 0.1) is 23.7 Å². The van der Waals surface area contributed by atoms with Gasteiger partial charge in [0.25, 0.3) is 0 Å². The van der Waals surface area contributed by atoms with Crippen LogP contribution in [0.1, 0.15) is 103 Å². The molecule has 0 N–H and O–H groups in total. The van der Waals surface area contributed by atoms with E-state index in [2.05, 4.69) is 28.9 Å².